The molecule has 0 radical (unpaired) electrons. The average molecular weight is 308 g/mol. The maximum absolute atomic E-state index is 12.0. The summed E-state index contributed by atoms with van der Waals surface area (Å²) in [7, 11) is 0. The first-order valence-corrected chi connectivity index (χ1v) is 8.78. The molecule has 0 bridgehead atoms. The summed E-state index contributed by atoms with van der Waals surface area (Å²) in [6.07, 6.45) is 4.46. The Morgan fingerprint density at radius 2 is 2.43 bits per heavy atom. The Morgan fingerprint density at radius 3 is 3.14 bits per heavy atom. The number of thiazole rings is 1. The van der Waals surface area contributed by atoms with E-state index in [9.17, 15) is 4.79 Å². The number of anilines is 1. The number of hydrogen-bond donors (Lipinski definition) is 2. The van der Waals surface area contributed by atoms with Gasteiger partial charge in [0.25, 0.3) is 0 Å². The van der Waals surface area contributed by atoms with Gasteiger partial charge in [-0.25, -0.2) is 4.98 Å². The Bertz CT molecular complexity index is 484. The van der Waals surface area contributed by atoms with Crippen molar-refractivity contribution in [1.82, 2.24) is 15.6 Å². The number of amides is 1. The van der Waals surface area contributed by atoms with Crippen molar-refractivity contribution >= 4 is 22.4 Å². The van der Waals surface area contributed by atoms with Crippen LogP contribution in [0.5, 0.6) is 0 Å². The van der Waals surface area contributed by atoms with Crippen LogP contribution in [0.3, 0.4) is 0 Å². The number of hydrogen-bond acceptors (Lipinski definition) is 5. The molecule has 6 heteroatoms. The third-order valence-electron chi connectivity index (χ3n) is 4.34. The molecule has 2 unspecified atom stereocenters. The minimum absolute atomic E-state index is 0.0336. The predicted octanol–water partition coefficient (Wildman–Crippen LogP) is 1.54. The number of nitrogens with one attached hydrogen (secondary N) is 2. The lowest BCUT2D eigenvalue weighted by molar-refractivity contribution is -0.122. The van der Waals surface area contributed by atoms with Crippen molar-refractivity contribution in [3.05, 3.63) is 11.1 Å². The molecule has 3 rings (SSSR count). The van der Waals surface area contributed by atoms with Gasteiger partial charge in [0.05, 0.1) is 11.7 Å². The molecule has 2 atom stereocenters. The molecule has 0 spiro atoms. The summed E-state index contributed by atoms with van der Waals surface area (Å²) < 4.78 is 0. The van der Waals surface area contributed by atoms with Gasteiger partial charge in [0.2, 0.25) is 5.91 Å². The van der Waals surface area contributed by atoms with Crippen molar-refractivity contribution in [2.45, 2.75) is 38.6 Å². The van der Waals surface area contributed by atoms with Crippen LogP contribution in [0.1, 0.15) is 31.4 Å². The first-order valence-electron chi connectivity index (χ1n) is 7.90. The zero-order chi connectivity index (χ0) is 14.7. The molecule has 2 saturated heterocycles. The maximum atomic E-state index is 12.0. The molecule has 1 aromatic heterocycles. The normalized spacial score (nSPS) is 26.0. The molecule has 1 aromatic rings. The lowest BCUT2D eigenvalue weighted by Crippen LogP contribution is -2.45. The number of aryl methyl sites for hydroxylation is 1. The summed E-state index contributed by atoms with van der Waals surface area (Å²) in [5, 5.41) is 9.61. The molecule has 2 fully saturated rings. The lowest BCUT2D eigenvalue weighted by atomic mass is 9.98. The van der Waals surface area contributed by atoms with Gasteiger partial charge in [0.1, 0.15) is 0 Å². The molecule has 116 valence electrons. The Kier molecular flexibility index (Phi) is 4.75. The number of rotatable bonds is 4. The number of nitrogens with zero attached hydrogens (tertiary/aromatic N) is 2. The fourth-order valence-electron chi connectivity index (χ4n) is 3.17. The Hall–Kier alpha value is -1.14. The highest BCUT2D eigenvalue weighted by Crippen LogP contribution is 2.25. The van der Waals surface area contributed by atoms with E-state index in [2.05, 4.69) is 25.9 Å². The Labute approximate surface area is 130 Å². The molecule has 0 saturated carbocycles. The molecule has 0 aliphatic carbocycles. The van der Waals surface area contributed by atoms with Gasteiger partial charge in [-0.1, -0.05) is 0 Å². The highest BCUT2D eigenvalue weighted by atomic mass is 32.1. The largest absolute Gasteiger partial charge is 0.354 e. The molecule has 21 heavy (non-hydrogen) atoms. The summed E-state index contributed by atoms with van der Waals surface area (Å²) in [5.74, 6) is 0.711. The maximum Gasteiger partial charge on any atom is 0.237 e. The minimum Gasteiger partial charge on any atom is -0.354 e. The van der Waals surface area contributed by atoms with Gasteiger partial charge < -0.3 is 15.5 Å². The Morgan fingerprint density at radius 1 is 1.52 bits per heavy atom. The highest BCUT2D eigenvalue weighted by Gasteiger charge is 2.25. The van der Waals surface area contributed by atoms with Gasteiger partial charge in [0.15, 0.2) is 5.13 Å². The van der Waals surface area contributed by atoms with Gasteiger partial charge in [0, 0.05) is 25.0 Å². The van der Waals surface area contributed by atoms with E-state index in [1.807, 2.05) is 6.92 Å². The number of piperidine rings is 1. The van der Waals surface area contributed by atoms with Gasteiger partial charge in [-0.3, -0.25) is 4.79 Å². The smallest absolute Gasteiger partial charge is 0.237 e. The van der Waals surface area contributed by atoms with Crippen molar-refractivity contribution in [3.63, 3.8) is 0 Å². The number of aromatic nitrogens is 1. The van der Waals surface area contributed by atoms with Crippen LogP contribution >= 0.6 is 11.3 Å². The zero-order valence-corrected chi connectivity index (χ0v) is 13.4. The monoisotopic (exact) mass is 308 g/mol. The van der Waals surface area contributed by atoms with Crippen LogP contribution in [0.15, 0.2) is 5.38 Å². The van der Waals surface area contributed by atoms with Crippen LogP contribution in [0.25, 0.3) is 0 Å². The predicted molar refractivity (Wildman–Crippen MR) is 85.8 cm³/mol. The van der Waals surface area contributed by atoms with Crippen LogP contribution in [-0.4, -0.2) is 43.1 Å². The van der Waals surface area contributed by atoms with E-state index in [0.29, 0.717) is 5.92 Å². The van der Waals surface area contributed by atoms with E-state index in [-0.39, 0.29) is 11.9 Å². The van der Waals surface area contributed by atoms with Crippen LogP contribution in [0.2, 0.25) is 0 Å². The SMILES string of the molecule is Cc1csc(N2CCCC(CNC(=O)C3CCCN3)C2)n1. The third kappa shape index (κ3) is 3.74. The van der Waals surface area contributed by atoms with Crippen LogP contribution in [-0.2, 0) is 4.79 Å². The summed E-state index contributed by atoms with van der Waals surface area (Å²) >= 11 is 1.72. The van der Waals surface area contributed by atoms with E-state index >= 15 is 0 Å². The van der Waals surface area contributed by atoms with E-state index in [4.69, 9.17) is 0 Å². The summed E-state index contributed by atoms with van der Waals surface area (Å²) in [6.45, 7) is 5.89. The molecule has 1 amide bonds. The van der Waals surface area contributed by atoms with Crippen LogP contribution < -0.4 is 15.5 Å². The number of carbonyl (C=O) groups is 1. The zero-order valence-electron chi connectivity index (χ0n) is 12.6. The van der Waals surface area contributed by atoms with Crippen molar-refractivity contribution in [1.29, 1.82) is 0 Å². The van der Waals surface area contributed by atoms with Crippen molar-refractivity contribution in [3.8, 4) is 0 Å². The summed E-state index contributed by atoms with van der Waals surface area (Å²) in [6, 6.07) is 0.0336. The first kappa shape index (κ1) is 14.8. The standard InChI is InChI=1S/C15H24N4OS/c1-11-10-21-15(18-11)19-7-3-4-12(9-19)8-17-14(20)13-5-2-6-16-13/h10,12-13,16H,2-9H2,1H3,(H,17,20). The summed E-state index contributed by atoms with van der Waals surface area (Å²) in [5.41, 5.74) is 1.10. The lowest BCUT2D eigenvalue weighted by Gasteiger charge is -2.32. The molecule has 2 aliphatic rings. The molecule has 2 N–H and O–H groups in total. The second-order valence-electron chi connectivity index (χ2n) is 6.12. The van der Waals surface area contributed by atoms with Gasteiger partial charge >= 0.3 is 0 Å². The highest BCUT2D eigenvalue weighted by molar-refractivity contribution is 7.13. The molecular weight excluding hydrogens is 284 g/mol. The fourth-order valence-corrected chi connectivity index (χ4v) is 4.01. The van der Waals surface area contributed by atoms with E-state index < -0.39 is 0 Å². The van der Waals surface area contributed by atoms with E-state index in [1.54, 1.807) is 11.3 Å². The fraction of sp³-hybridized carbons (Fsp3) is 0.733. The minimum atomic E-state index is 0.0336. The van der Waals surface area contributed by atoms with E-state index in [0.717, 1.165) is 49.8 Å². The third-order valence-corrected chi connectivity index (χ3v) is 5.36. The first-order chi connectivity index (χ1) is 10.2. The van der Waals surface area contributed by atoms with Gasteiger partial charge in [-0.05, 0) is 45.1 Å². The van der Waals surface area contributed by atoms with Gasteiger partial charge in [-0.15, -0.1) is 11.3 Å². The van der Waals surface area contributed by atoms with Crippen LogP contribution in [0.4, 0.5) is 5.13 Å². The molecule has 2 aliphatic heterocycles. The molecule has 3 heterocycles. The molecule has 5 nitrogen and oxygen atoms in total. The van der Waals surface area contributed by atoms with E-state index in [1.165, 1.54) is 12.8 Å². The molecular formula is C15H24N4OS. The summed E-state index contributed by atoms with van der Waals surface area (Å²) in [4.78, 5) is 19.0. The molecule has 0 aromatic carbocycles. The topological polar surface area (TPSA) is 57.3 Å². The Balaban J connectivity index is 1.48. The van der Waals surface area contributed by atoms with Crippen LogP contribution in [0, 0.1) is 12.8 Å². The van der Waals surface area contributed by atoms with Crippen molar-refractivity contribution in [2.75, 3.05) is 31.1 Å². The number of carbonyl (C=O) groups excluding carboxylic acids is 1. The average Bonchev–Trinajstić information content (AvgIpc) is 3.16. The quantitative estimate of drug-likeness (QED) is 0.886. The second kappa shape index (κ2) is 6.75. The van der Waals surface area contributed by atoms with Gasteiger partial charge in [-0.2, -0.15) is 0 Å². The second-order valence-corrected chi connectivity index (χ2v) is 6.96. The van der Waals surface area contributed by atoms with Crippen molar-refractivity contribution in [2.24, 2.45) is 5.92 Å². The van der Waals surface area contributed by atoms with Crippen molar-refractivity contribution < 1.29 is 4.79 Å².